The van der Waals surface area contributed by atoms with Crippen molar-refractivity contribution in [2.75, 3.05) is 13.7 Å². The van der Waals surface area contributed by atoms with E-state index in [2.05, 4.69) is 14.7 Å². The highest BCUT2D eigenvalue weighted by Gasteiger charge is 2.21. The summed E-state index contributed by atoms with van der Waals surface area (Å²) >= 11 is 1.63. The van der Waals surface area contributed by atoms with Crippen LogP contribution in [0.2, 0.25) is 0 Å². The molecule has 0 bridgehead atoms. The Morgan fingerprint density at radius 2 is 2.50 bits per heavy atom. The summed E-state index contributed by atoms with van der Waals surface area (Å²) in [6.45, 7) is 1.94. The van der Waals surface area contributed by atoms with Crippen LogP contribution in [0.4, 0.5) is 0 Å². The van der Waals surface area contributed by atoms with E-state index in [0.717, 1.165) is 35.5 Å². The zero-order valence-corrected chi connectivity index (χ0v) is 10.1. The molecule has 1 aliphatic carbocycles. The lowest BCUT2D eigenvalue weighted by Gasteiger charge is -2.04. The first kappa shape index (κ1) is 10.1. The van der Waals surface area contributed by atoms with E-state index in [9.17, 15) is 0 Å². The molecule has 1 fully saturated rings. The molecule has 0 amide bonds. The second kappa shape index (κ2) is 4.07. The molecule has 2 aromatic heterocycles. The Bertz CT molecular complexity index is 486. The van der Waals surface area contributed by atoms with Gasteiger partial charge in [0.25, 0.3) is 0 Å². The van der Waals surface area contributed by atoms with Crippen molar-refractivity contribution in [3.05, 3.63) is 17.3 Å². The molecule has 1 saturated carbocycles. The van der Waals surface area contributed by atoms with E-state index in [1.54, 1.807) is 18.4 Å². The van der Waals surface area contributed by atoms with Crippen molar-refractivity contribution in [1.82, 2.24) is 14.7 Å². The lowest BCUT2D eigenvalue weighted by Crippen LogP contribution is -2.17. The van der Waals surface area contributed by atoms with E-state index in [1.807, 2.05) is 11.6 Å². The van der Waals surface area contributed by atoms with Crippen molar-refractivity contribution in [2.45, 2.75) is 19.4 Å². The highest BCUT2D eigenvalue weighted by Crippen LogP contribution is 2.28. The zero-order valence-electron chi connectivity index (χ0n) is 9.27. The van der Waals surface area contributed by atoms with Crippen molar-refractivity contribution < 1.29 is 4.74 Å². The first-order valence-corrected chi connectivity index (χ1v) is 6.45. The van der Waals surface area contributed by atoms with Crippen LogP contribution in [0.25, 0.3) is 4.96 Å². The lowest BCUT2D eigenvalue weighted by molar-refractivity contribution is 0.392. The number of fused-ring (bicyclic) bond motifs is 1. The normalized spacial score (nSPS) is 15.8. The van der Waals surface area contributed by atoms with Crippen LogP contribution in [0.3, 0.4) is 0 Å². The number of nitrogens with zero attached hydrogens (tertiary/aromatic N) is 2. The number of ether oxygens (including phenoxy) is 1. The van der Waals surface area contributed by atoms with Gasteiger partial charge in [-0.05, 0) is 25.3 Å². The summed E-state index contributed by atoms with van der Waals surface area (Å²) in [6, 6.07) is 0. The molecule has 2 heterocycles. The summed E-state index contributed by atoms with van der Waals surface area (Å²) in [5.41, 5.74) is 1.12. The number of hydrogen-bond acceptors (Lipinski definition) is 4. The third kappa shape index (κ3) is 1.81. The van der Waals surface area contributed by atoms with Gasteiger partial charge in [0.05, 0.1) is 7.11 Å². The molecule has 0 atom stereocenters. The van der Waals surface area contributed by atoms with Crippen molar-refractivity contribution in [3.63, 3.8) is 0 Å². The van der Waals surface area contributed by atoms with Gasteiger partial charge in [-0.25, -0.2) is 0 Å². The summed E-state index contributed by atoms with van der Waals surface area (Å²) in [4.78, 5) is 5.42. The van der Waals surface area contributed by atoms with Gasteiger partial charge in [0.2, 0.25) is 5.88 Å². The van der Waals surface area contributed by atoms with Gasteiger partial charge in [-0.1, -0.05) is 0 Å². The largest absolute Gasteiger partial charge is 0.480 e. The summed E-state index contributed by atoms with van der Waals surface area (Å²) in [5.74, 6) is 1.65. The Balaban J connectivity index is 1.78. The molecule has 0 aliphatic heterocycles. The third-order valence-electron chi connectivity index (χ3n) is 2.94. The lowest BCUT2D eigenvalue weighted by atomic mass is 10.4. The van der Waals surface area contributed by atoms with Gasteiger partial charge < -0.3 is 10.1 Å². The molecule has 3 rings (SSSR count). The second-order valence-corrected chi connectivity index (χ2v) is 5.07. The topological polar surface area (TPSA) is 38.6 Å². The maximum Gasteiger partial charge on any atom is 0.237 e. The molecule has 1 aliphatic rings. The Labute approximate surface area is 98.3 Å². The molecule has 2 aromatic rings. The molecular weight excluding hydrogens is 222 g/mol. The molecule has 0 radical (unpaired) electrons. The SMILES string of the molecule is COc1nc2sccn2c1CNCC1CC1. The molecule has 0 unspecified atom stereocenters. The van der Waals surface area contributed by atoms with Gasteiger partial charge in [-0.15, -0.1) is 11.3 Å². The first-order chi connectivity index (χ1) is 7.88. The van der Waals surface area contributed by atoms with Gasteiger partial charge in [0.1, 0.15) is 5.69 Å². The van der Waals surface area contributed by atoms with E-state index in [4.69, 9.17) is 4.74 Å². The molecule has 4 nitrogen and oxygen atoms in total. The first-order valence-electron chi connectivity index (χ1n) is 5.57. The van der Waals surface area contributed by atoms with Crippen molar-refractivity contribution >= 4 is 16.3 Å². The standard InChI is InChI=1S/C11H15N3OS/c1-15-10-9(7-12-6-8-2-3-8)14-4-5-16-11(14)13-10/h4-5,8,12H,2-3,6-7H2,1H3. The molecule has 86 valence electrons. The van der Waals surface area contributed by atoms with Gasteiger partial charge in [0, 0.05) is 18.1 Å². The Hall–Kier alpha value is -1.07. The number of nitrogens with one attached hydrogen (secondary N) is 1. The van der Waals surface area contributed by atoms with Gasteiger partial charge >= 0.3 is 0 Å². The quantitative estimate of drug-likeness (QED) is 0.863. The van der Waals surface area contributed by atoms with Gasteiger partial charge in [-0.2, -0.15) is 4.98 Å². The van der Waals surface area contributed by atoms with E-state index >= 15 is 0 Å². The fraction of sp³-hybridized carbons (Fsp3) is 0.545. The average molecular weight is 237 g/mol. The second-order valence-electron chi connectivity index (χ2n) is 4.20. The highest BCUT2D eigenvalue weighted by atomic mass is 32.1. The van der Waals surface area contributed by atoms with E-state index in [-0.39, 0.29) is 0 Å². The predicted molar refractivity (Wildman–Crippen MR) is 64.1 cm³/mol. The Morgan fingerprint density at radius 3 is 3.25 bits per heavy atom. The molecule has 0 spiro atoms. The number of methoxy groups -OCH3 is 1. The smallest absolute Gasteiger partial charge is 0.237 e. The van der Waals surface area contributed by atoms with Crippen LogP contribution in [0.5, 0.6) is 5.88 Å². The molecule has 0 aromatic carbocycles. The maximum absolute atomic E-state index is 5.30. The molecule has 1 N–H and O–H groups in total. The monoisotopic (exact) mass is 237 g/mol. The van der Waals surface area contributed by atoms with Crippen molar-refractivity contribution in [3.8, 4) is 5.88 Å². The number of hydrogen-bond donors (Lipinski definition) is 1. The molecule has 5 heteroatoms. The maximum atomic E-state index is 5.30. The summed E-state index contributed by atoms with van der Waals surface area (Å²) in [7, 11) is 1.68. The number of thiazole rings is 1. The summed E-state index contributed by atoms with van der Waals surface area (Å²) in [6.07, 6.45) is 4.80. The number of aromatic nitrogens is 2. The van der Waals surface area contributed by atoms with Gasteiger partial charge in [-0.3, -0.25) is 4.40 Å². The fourth-order valence-electron chi connectivity index (χ4n) is 1.85. The number of imidazole rings is 1. The van der Waals surface area contributed by atoms with Crippen LogP contribution in [0.1, 0.15) is 18.5 Å². The van der Waals surface area contributed by atoms with Crippen LogP contribution in [0.15, 0.2) is 11.6 Å². The molecular formula is C11H15N3OS. The fourth-order valence-corrected chi connectivity index (χ4v) is 2.58. The minimum absolute atomic E-state index is 0.746. The minimum Gasteiger partial charge on any atom is -0.480 e. The van der Waals surface area contributed by atoms with Crippen LogP contribution >= 0.6 is 11.3 Å². The Morgan fingerprint density at radius 1 is 1.62 bits per heavy atom. The average Bonchev–Trinajstić information content (AvgIpc) is 2.89. The third-order valence-corrected chi connectivity index (χ3v) is 3.70. The summed E-state index contributed by atoms with van der Waals surface area (Å²) < 4.78 is 7.40. The zero-order chi connectivity index (χ0) is 11.0. The predicted octanol–water partition coefficient (Wildman–Crippen LogP) is 1.90. The van der Waals surface area contributed by atoms with Crippen LogP contribution < -0.4 is 10.1 Å². The van der Waals surface area contributed by atoms with Crippen LogP contribution in [0, 0.1) is 5.92 Å². The van der Waals surface area contributed by atoms with E-state index in [0.29, 0.717) is 0 Å². The van der Waals surface area contributed by atoms with Crippen LogP contribution in [-0.4, -0.2) is 23.0 Å². The van der Waals surface area contributed by atoms with Crippen molar-refractivity contribution in [1.29, 1.82) is 0 Å². The van der Waals surface area contributed by atoms with Crippen LogP contribution in [-0.2, 0) is 6.54 Å². The summed E-state index contributed by atoms with van der Waals surface area (Å²) in [5, 5.41) is 5.52. The molecule has 0 saturated heterocycles. The highest BCUT2D eigenvalue weighted by molar-refractivity contribution is 7.15. The Kier molecular flexibility index (Phi) is 2.57. The van der Waals surface area contributed by atoms with Crippen molar-refractivity contribution in [2.24, 2.45) is 5.92 Å². The molecule has 16 heavy (non-hydrogen) atoms. The minimum atomic E-state index is 0.746. The van der Waals surface area contributed by atoms with Gasteiger partial charge in [0.15, 0.2) is 4.96 Å². The van der Waals surface area contributed by atoms with E-state index in [1.165, 1.54) is 12.8 Å². The van der Waals surface area contributed by atoms with E-state index < -0.39 is 0 Å². The number of rotatable bonds is 5.